The van der Waals surface area contributed by atoms with Gasteiger partial charge in [-0.05, 0) is 50.1 Å². The standard InChI is InChI=1S/C15H23N3/c1-12-10-13(16)5-6-15(12)18-9-8-17-7-3-2-4-14(17)11-18/h5-6,10,14H,2-4,7-9,11,16H2,1H3. The first kappa shape index (κ1) is 11.8. The first-order valence-corrected chi connectivity index (χ1v) is 7.09. The topological polar surface area (TPSA) is 32.5 Å². The first-order valence-electron chi connectivity index (χ1n) is 7.09. The summed E-state index contributed by atoms with van der Waals surface area (Å²) in [6, 6.07) is 7.06. The van der Waals surface area contributed by atoms with Gasteiger partial charge in [0.25, 0.3) is 0 Å². The highest BCUT2D eigenvalue weighted by molar-refractivity contribution is 5.59. The van der Waals surface area contributed by atoms with Crippen molar-refractivity contribution in [3.05, 3.63) is 23.8 Å². The van der Waals surface area contributed by atoms with Crippen LogP contribution in [0.4, 0.5) is 11.4 Å². The van der Waals surface area contributed by atoms with Crippen molar-refractivity contribution in [1.29, 1.82) is 0 Å². The second-order valence-electron chi connectivity index (χ2n) is 5.68. The fraction of sp³-hybridized carbons (Fsp3) is 0.600. The molecule has 1 aromatic carbocycles. The summed E-state index contributed by atoms with van der Waals surface area (Å²) < 4.78 is 0. The van der Waals surface area contributed by atoms with E-state index >= 15 is 0 Å². The summed E-state index contributed by atoms with van der Waals surface area (Å²) >= 11 is 0. The van der Waals surface area contributed by atoms with Crippen LogP contribution in [-0.4, -0.2) is 37.1 Å². The van der Waals surface area contributed by atoms with Gasteiger partial charge in [-0.25, -0.2) is 0 Å². The van der Waals surface area contributed by atoms with Gasteiger partial charge in [-0.3, -0.25) is 4.90 Å². The summed E-state index contributed by atoms with van der Waals surface area (Å²) in [5.74, 6) is 0. The van der Waals surface area contributed by atoms with Crippen LogP contribution in [0.5, 0.6) is 0 Å². The summed E-state index contributed by atoms with van der Waals surface area (Å²) in [4.78, 5) is 5.22. The molecule has 1 atom stereocenters. The molecule has 98 valence electrons. The maximum absolute atomic E-state index is 5.84. The van der Waals surface area contributed by atoms with Crippen molar-refractivity contribution in [2.45, 2.75) is 32.2 Å². The minimum Gasteiger partial charge on any atom is -0.399 e. The number of rotatable bonds is 1. The van der Waals surface area contributed by atoms with Gasteiger partial charge >= 0.3 is 0 Å². The van der Waals surface area contributed by atoms with E-state index in [1.807, 2.05) is 6.07 Å². The third kappa shape index (κ3) is 2.19. The molecule has 1 aromatic rings. The van der Waals surface area contributed by atoms with Crippen LogP contribution in [0.2, 0.25) is 0 Å². The molecule has 0 bridgehead atoms. The molecule has 2 aliphatic heterocycles. The molecule has 2 heterocycles. The maximum Gasteiger partial charge on any atom is 0.0398 e. The number of anilines is 2. The van der Waals surface area contributed by atoms with E-state index in [4.69, 9.17) is 5.73 Å². The lowest BCUT2D eigenvalue weighted by molar-refractivity contribution is 0.133. The molecule has 0 radical (unpaired) electrons. The molecule has 2 saturated heterocycles. The number of hydrogen-bond acceptors (Lipinski definition) is 3. The molecule has 0 aromatic heterocycles. The fourth-order valence-corrected chi connectivity index (χ4v) is 3.41. The fourth-order valence-electron chi connectivity index (χ4n) is 3.41. The predicted molar refractivity (Wildman–Crippen MR) is 77.0 cm³/mol. The smallest absolute Gasteiger partial charge is 0.0398 e. The van der Waals surface area contributed by atoms with Gasteiger partial charge in [0, 0.05) is 37.1 Å². The Morgan fingerprint density at radius 3 is 2.89 bits per heavy atom. The molecular weight excluding hydrogens is 222 g/mol. The monoisotopic (exact) mass is 245 g/mol. The molecular formula is C15H23N3. The molecule has 3 rings (SSSR count). The lowest BCUT2D eigenvalue weighted by Gasteiger charge is -2.45. The summed E-state index contributed by atoms with van der Waals surface area (Å²) in [6.07, 6.45) is 4.15. The van der Waals surface area contributed by atoms with Gasteiger partial charge in [-0.1, -0.05) is 6.42 Å². The van der Waals surface area contributed by atoms with E-state index in [0.717, 1.165) is 18.3 Å². The zero-order valence-corrected chi connectivity index (χ0v) is 11.2. The van der Waals surface area contributed by atoms with Crippen LogP contribution < -0.4 is 10.6 Å². The molecule has 2 aliphatic rings. The van der Waals surface area contributed by atoms with Gasteiger partial charge in [0.2, 0.25) is 0 Å². The van der Waals surface area contributed by atoms with Crippen molar-refractivity contribution in [1.82, 2.24) is 4.90 Å². The predicted octanol–water partition coefficient (Wildman–Crippen LogP) is 2.25. The number of fused-ring (bicyclic) bond motifs is 1. The number of benzene rings is 1. The molecule has 0 spiro atoms. The molecule has 0 saturated carbocycles. The number of nitrogen functional groups attached to an aromatic ring is 1. The summed E-state index contributed by atoms with van der Waals surface area (Å²) in [5, 5.41) is 0. The van der Waals surface area contributed by atoms with Crippen molar-refractivity contribution in [2.75, 3.05) is 36.8 Å². The van der Waals surface area contributed by atoms with Gasteiger partial charge in [-0.15, -0.1) is 0 Å². The van der Waals surface area contributed by atoms with E-state index in [2.05, 4.69) is 28.9 Å². The van der Waals surface area contributed by atoms with Crippen molar-refractivity contribution in [2.24, 2.45) is 0 Å². The third-order valence-corrected chi connectivity index (χ3v) is 4.40. The maximum atomic E-state index is 5.84. The Kier molecular flexibility index (Phi) is 3.16. The molecule has 0 aliphatic carbocycles. The van der Waals surface area contributed by atoms with E-state index in [-0.39, 0.29) is 0 Å². The van der Waals surface area contributed by atoms with Gasteiger partial charge in [0.05, 0.1) is 0 Å². The van der Waals surface area contributed by atoms with Crippen molar-refractivity contribution < 1.29 is 0 Å². The van der Waals surface area contributed by atoms with Gasteiger partial charge in [0.1, 0.15) is 0 Å². The van der Waals surface area contributed by atoms with Gasteiger partial charge in [0.15, 0.2) is 0 Å². The SMILES string of the molecule is Cc1cc(N)ccc1N1CCN2CCCCC2C1. The van der Waals surface area contributed by atoms with Crippen LogP contribution in [0.15, 0.2) is 18.2 Å². The Morgan fingerprint density at radius 2 is 2.06 bits per heavy atom. The average Bonchev–Trinajstić information content (AvgIpc) is 2.38. The van der Waals surface area contributed by atoms with Gasteiger partial charge in [-0.2, -0.15) is 0 Å². The Hall–Kier alpha value is -1.22. The Bertz CT molecular complexity index is 430. The van der Waals surface area contributed by atoms with E-state index in [1.165, 1.54) is 50.1 Å². The second kappa shape index (κ2) is 4.81. The van der Waals surface area contributed by atoms with Crippen molar-refractivity contribution in [3.63, 3.8) is 0 Å². The number of piperidine rings is 1. The van der Waals surface area contributed by atoms with E-state index in [1.54, 1.807) is 0 Å². The highest BCUT2D eigenvalue weighted by Gasteiger charge is 2.29. The van der Waals surface area contributed by atoms with Crippen LogP contribution in [0, 0.1) is 6.92 Å². The number of aryl methyl sites for hydroxylation is 1. The number of piperazine rings is 1. The second-order valence-corrected chi connectivity index (χ2v) is 5.68. The van der Waals surface area contributed by atoms with Crippen LogP contribution in [-0.2, 0) is 0 Å². The van der Waals surface area contributed by atoms with Crippen LogP contribution in [0.3, 0.4) is 0 Å². The van der Waals surface area contributed by atoms with E-state index in [0.29, 0.717) is 0 Å². The Balaban J connectivity index is 1.77. The average molecular weight is 245 g/mol. The van der Waals surface area contributed by atoms with Crippen LogP contribution in [0.25, 0.3) is 0 Å². The molecule has 3 heteroatoms. The number of hydrogen-bond donors (Lipinski definition) is 1. The first-order chi connectivity index (χ1) is 8.74. The zero-order valence-electron chi connectivity index (χ0n) is 11.2. The minimum atomic E-state index is 0.768. The van der Waals surface area contributed by atoms with E-state index < -0.39 is 0 Å². The highest BCUT2D eigenvalue weighted by Crippen LogP contribution is 2.27. The largest absolute Gasteiger partial charge is 0.399 e. The lowest BCUT2D eigenvalue weighted by atomic mass is 9.98. The highest BCUT2D eigenvalue weighted by atomic mass is 15.3. The number of nitrogens with two attached hydrogens (primary N) is 1. The third-order valence-electron chi connectivity index (χ3n) is 4.40. The molecule has 2 fully saturated rings. The lowest BCUT2D eigenvalue weighted by Crippen LogP contribution is -2.55. The van der Waals surface area contributed by atoms with Crippen LogP contribution >= 0.6 is 0 Å². The summed E-state index contributed by atoms with van der Waals surface area (Å²) in [6.45, 7) is 7.03. The quantitative estimate of drug-likeness (QED) is 0.770. The van der Waals surface area contributed by atoms with Crippen molar-refractivity contribution >= 4 is 11.4 Å². The Labute approximate surface area is 110 Å². The molecule has 0 amide bonds. The summed E-state index contributed by atoms with van der Waals surface area (Å²) in [5.41, 5.74) is 9.38. The minimum absolute atomic E-state index is 0.768. The number of nitrogens with zero attached hydrogens (tertiary/aromatic N) is 2. The van der Waals surface area contributed by atoms with Crippen LogP contribution in [0.1, 0.15) is 24.8 Å². The molecule has 18 heavy (non-hydrogen) atoms. The molecule has 3 nitrogen and oxygen atoms in total. The molecule has 1 unspecified atom stereocenters. The van der Waals surface area contributed by atoms with E-state index in [9.17, 15) is 0 Å². The van der Waals surface area contributed by atoms with Gasteiger partial charge < -0.3 is 10.6 Å². The zero-order chi connectivity index (χ0) is 12.5. The Morgan fingerprint density at radius 1 is 1.17 bits per heavy atom. The van der Waals surface area contributed by atoms with Crippen molar-refractivity contribution in [3.8, 4) is 0 Å². The normalized spacial score (nSPS) is 24.9. The summed E-state index contributed by atoms with van der Waals surface area (Å²) in [7, 11) is 0. The molecule has 2 N–H and O–H groups in total.